The van der Waals surface area contributed by atoms with E-state index in [1.807, 2.05) is 6.92 Å². The largest absolute Gasteiger partial charge is 0.478 e. The number of rotatable bonds is 4. The molecular weight excluding hydrogens is 224 g/mol. The van der Waals surface area contributed by atoms with E-state index in [1.165, 1.54) is 6.07 Å². The second-order valence-electron chi connectivity index (χ2n) is 3.68. The van der Waals surface area contributed by atoms with Crippen molar-refractivity contribution >= 4 is 11.9 Å². The predicted octanol–water partition coefficient (Wildman–Crippen LogP) is 1.45. The summed E-state index contributed by atoms with van der Waals surface area (Å²) >= 11 is 0. The monoisotopic (exact) mass is 238 g/mol. The minimum Gasteiger partial charge on any atom is -0.478 e. The van der Waals surface area contributed by atoms with Crippen LogP contribution < -0.4 is 0 Å². The van der Waals surface area contributed by atoms with E-state index >= 15 is 0 Å². The molecule has 0 atom stereocenters. The lowest BCUT2D eigenvalue weighted by Crippen LogP contribution is -2.14. The third kappa shape index (κ3) is 2.29. The Bertz CT molecular complexity index is 476. The van der Waals surface area contributed by atoms with E-state index in [1.54, 1.807) is 6.92 Å². The number of benzene rings is 1. The molecule has 0 amide bonds. The summed E-state index contributed by atoms with van der Waals surface area (Å²) in [6.45, 7) is 3.09. The van der Waals surface area contributed by atoms with Crippen LogP contribution in [0.15, 0.2) is 6.07 Å². The summed E-state index contributed by atoms with van der Waals surface area (Å²) in [5.74, 6) is -2.57. The highest BCUT2D eigenvalue weighted by molar-refractivity contribution is 6.03. The molecule has 0 saturated heterocycles. The van der Waals surface area contributed by atoms with Crippen LogP contribution in [-0.2, 0) is 13.0 Å². The molecule has 1 aromatic carbocycles. The standard InChI is InChI=1S/C12H14O5/c1-3-8-6(2)10(12(16)17)9(11(14)15)4-7(8)5-13/h4,13H,3,5H2,1-2H3,(H,14,15)(H,16,17). The summed E-state index contributed by atoms with van der Waals surface area (Å²) in [5, 5.41) is 27.2. The molecule has 0 heterocycles. The second kappa shape index (κ2) is 4.97. The van der Waals surface area contributed by atoms with Crippen LogP contribution in [0.25, 0.3) is 0 Å². The van der Waals surface area contributed by atoms with Crippen LogP contribution in [0.2, 0.25) is 0 Å². The van der Waals surface area contributed by atoms with Gasteiger partial charge in [0.2, 0.25) is 0 Å². The van der Waals surface area contributed by atoms with Crippen LogP contribution in [0.1, 0.15) is 44.3 Å². The van der Waals surface area contributed by atoms with E-state index in [2.05, 4.69) is 0 Å². The fraction of sp³-hybridized carbons (Fsp3) is 0.333. The predicted molar refractivity (Wildman–Crippen MR) is 60.4 cm³/mol. The maximum atomic E-state index is 11.1. The highest BCUT2D eigenvalue weighted by Gasteiger charge is 2.22. The molecule has 92 valence electrons. The van der Waals surface area contributed by atoms with E-state index < -0.39 is 11.9 Å². The average molecular weight is 238 g/mol. The maximum Gasteiger partial charge on any atom is 0.336 e. The first-order chi connectivity index (χ1) is 7.93. The Morgan fingerprint density at radius 3 is 2.18 bits per heavy atom. The van der Waals surface area contributed by atoms with Crippen molar-refractivity contribution in [2.24, 2.45) is 0 Å². The summed E-state index contributed by atoms with van der Waals surface area (Å²) in [6, 6.07) is 1.23. The summed E-state index contributed by atoms with van der Waals surface area (Å²) in [6.07, 6.45) is 0.544. The van der Waals surface area contributed by atoms with Gasteiger partial charge in [0.05, 0.1) is 17.7 Å². The van der Waals surface area contributed by atoms with Gasteiger partial charge in [0.15, 0.2) is 0 Å². The zero-order valence-electron chi connectivity index (χ0n) is 9.65. The topological polar surface area (TPSA) is 94.8 Å². The van der Waals surface area contributed by atoms with E-state index in [0.29, 0.717) is 23.1 Å². The Morgan fingerprint density at radius 1 is 1.24 bits per heavy atom. The Labute approximate surface area is 98.3 Å². The smallest absolute Gasteiger partial charge is 0.336 e. The summed E-state index contributed by atoms with van der Waals surface area (Å²) in [4.78, 5) is 22.1. The normalized spacial score (nSPS) is 10.3. The molecule has 5 heteroatoms. The number of carbonyl (C=O) groups is 2. The molecule has 0 unspecified atom stereocenters. The first kappa shape index (κ1) is 13.2. The van der Waals surface area contributed by atoms with Crippen molar-refractivity contribution in [2.75, 3.05) is 0 Å². The van der Waals surface area contributed by atoms with E-state index in [9.17, 15) is 9.59 Å². The van der Waals surface area contributed by atoms with Crippen LogP contribution in [0.4, 0.5) is 0 Å². The van der Waals surface area contributed by atoms with Gasteiger partial charge in [-0.3, -0.25) is 0 Å². The van der Waals surface area contributed by atoms with Crippen molar-refractivity contribution in [1.82, 2.24) is 0 Å². The Hall–Kier alpha value is -1.88. The minimum atomic E-state index is -1.30. The molecule has 0 aliphatic heterocycles. The molecule has 0 aliphatic rings. The molecule has 5 nitrogen and oxygen atoms in total. The molecule has 3 N–H and O–H groups in total. The number of carboxylic acids is 2. The fourth-order valence-electron chi connectivity index (χ4n) is 2.00. The van der Waals surface area contributed by atoms with Crippen LogP contribution in [0, 0.1) is 6.92 Å². The van der Waals surface area contributed by atoms with Gasteiger partial charge in [0.1, 0.15) is 0 Å². The second-order valence-corrected chi connectivity index (χ2v) is 3.68. The zero-order valence-corrected chi connectivity index (χ0v) is 9.65. The van der Waals surface area contributed by atoms with Gasteiger partial charge in [-0.1, -0.05) is 6.92 Å². The minimum absolute atomic E-state index is 0.202. The van der Waals surface area contributed by atoms with E-state index in [-0.39, 0.29) is 17.7 Å². The SMILES string of the molecule is CCc1c(CO)cc(C(=O)O)c(C(=O)O)c1C. The molecule has 17 heavy (non-hydrogen) atoms. The molecule has 1 aromatic rings. The van der Waals surface area contributed by atoms with Gasteiger partial charge >= 0.3 is 11.9 Å². The lowest BCUT2D eigenvalue weighted by molar-refractivity contribution is 0.0650. The van der Waals surface area contributed by atoms with Gasteiger partial charge in [-0.2, -0.15) is 0 Å². The maximum absolute atomic E-state index is 11.1. The number of aliphatic hydroxyl groups excluding tert-OH is 1. The number of hydrogen-bond donors (Lipinski definition) is 3. The quantitative estimate of drug-likeness (QED) is 0.737. The summed E-state index contributed by atoms with van der Waals surface area (Å²) in [5.41, 5.74) is 1.08. The summed E-state index contributed by atoms with van der Waals surface area (Å²) in [7, 11) is 0. The highest BCUT2D eigenvalue weighted by atomic mass is 16.4. The van der Waals surface area contributed by atoms with Gasteiger partial charge in [0, 0.05) is 0 Å². The van der Waals surface area contributed by atoms with Crippen LogP contribution in [-0.4, -0.2) is 27.3 Å². The van der Waals surface area contributed by atoms with Crippen LogP contribution in [0.3, 0.4) is 0 Å². The molecular formula is C12H14O5. The van der Waals surface area contributed by atoms with Gasteiger partial charge in [-0.25, -0.2) is 9.59 Å². The van der Waals surface area contributed by atoms with Crippen molar-refractivity contribution in [3.05, 3.63) is 33.9 Å². The van der Waals surface area contributed by atoms with Crippen molar-refractivity contribution in [3.63, 3.8) is 0 Å². The Balaban J connectivity index is 3.67. The lowest BCUT2D eigenvalue weighted by atomic mass is 9.91. The van der Waals surface area contributed by atoms with E-state index in [4.69, 9.17) is 15.3 Å². The molecule has 1 rings (SSSR count). The van der Waals surface area contributed by atoms with Crippen molar-refractivity contribution in [2.45, 2.75) is 26.9 Å². The lowest BCUT2D eigenvalue weighted by Gasteiger charge is -2.14. The molecule has 0 fully saturated rings. The van der Waals surface area contributed by atoms with Gasteiger partial charge in [0.25, 0.3) is 0 Å². The fourth-order valence-corrected chi connectivity index (χ4v) is 2.00. The van der Waals surface area contributed by atoms with Gasteiger partial charge < -0.3 is 15.3 Å². The molecule has 0 radical (unpaired) electrons. The van der Waals surface area contributed by atoms with Crippen molar-refractivity contribution in [1.29, 1.82) is 0 Å². The number of hydrogen-bond acceptors (Lipinski definition) is 3. The van der Waals surface area contributed by atoms with Gasteiger partial charge in [-0.15, -0.1) is 0 Å². The highest BCUT2D eigenvalue weighted by Crippen LogP contribution is 2.24. The summed E-state index contributed by atoms with van der Waals surface area (Å²) < 4.78 is 0. The Morgan fingerprint density at radius 2 is 1.82 bits per heavy atom. The molecule has 0 spiro atoms. The number of carboxylic acid groups (broad SMARTS) is 2. The number of aliphatic hydroxyl groups is 1. The third-order valence-electron chi connectivity index (χ3n) is 2.77. The molecule has 0 saturated carbocycles. The molecule has 0 bridgehead atoms. The van der Waals surface area contributed by atoms with Gasteiger partial charge in [-0.05, 0) is 36.1 Å². The van der Waals surface area contributed by atoms with Crippen molar-refractivity contribution < 1.29 is 24.9 Å². The zero-order chi connectivity index (χ0) is 13.2. The Kier molecular flexibility index (Phi) is 3.85. The van der Waals surface area contributed by atoms with Crippen LogP contribution >= 0.6 is 0 Å². The first-order valence-electron chi connectivity index (χ1n) is 5.16. The third-order valence-corrected chi connectivity index (χ3v) is 2.77. The van der Waals surface area contributed by atoms with Crippen molar-refractivity contribution in [3.8, 4) is 0 Å². The van der Waals surface area contributed by atoms with Crippen LogP contribution in [0.5, 0.6) is 0 Å². The molecule has 0 aliphatic carbocycles. The number of aromatic carboxylic acids is 2. The van der Waals surface area contributed by atoms with E-state index in [0.717, 1.165) is 0 Å². The molecule has 0 aromatic heterocycles. The average Bonchev–Trinajstić information content (AvgIpc) is 2.26. The first-order valence-corrected chi connectivity index (χ1v) is 5.16.